The molecule has 1 aromatic carbocycles. The molecule has 7 heteroatoms. The Bertz CT molecular complexity index is 664. The van der Waals surface area contributed by atoms with E-state index in [1.807, 2.05) is 11.0 Å². The maximum Gasteiger partial charge on any atom is 0.322 e. The number of nitrogens with one attached hydrogen (secondary N) is 2. The molecule has 4 amide bonds. The van der Waals surface area contributed by atoms with Crippen LogP contribution in [-0.2, 0) is 16.0 Å². The summed E-state index contributed by atoms with van der Waals surface area (Å²) in [5, 5.41) is 4.74. The van der Waals surface area contributed by atoms with Gasteiger partial charge in [0.2, 0.25) is 5.91 Å². The molecular weight excluding hydrogens is 344 g/mol. The number of amides is 4. The van der Waals surface area contributed by atoms with Gasteiger partial charge in [-0.15, -0.1) is 0 Å². The number of urea groups is 1. The largest absolute Gasteiger partial charge is 0.341 e. The number of aryl methyl sites for hydroxylation is 1. The van der Waals surface area contributed by atoms with Crippen molar-refractivity contribution in [2.24, 2.45) is 0 Å². The molecule has 2 aliphatic rings. The van der Waals surface area contributed by atoms with E-state index in [1.54, 1.807) is 0 Å². The molecule has 0 saturated carbocycles. The molecule has 2 saturated heterocycles. The van der Waals surface area contributed by atoms with Crippen LogP contribution in [0.3, 0.4) is 0 Å². The van der Waals surface area contributed by atoms with Gasteiger partial charge in [-0.2, -0.15) is 0 Å². The Morgan fingerprint density at radius 1 is 1.07 bits per heavy atom. The van der Waals surface area contributed by atoms with Crippen LogP contribution >= 0.6 is 0 Å². The van der Waals surface area contributed by atoms with Crippen LogP contribution in [-0.4, -0.2) is 66.4 Å². The molecule has 146 valence electrons. The molecule has 2 N–H and O–H groups in total. The summed E-state index contributed by atoms with van der Waals surface area (Å²) in [6.45, 7) is 4.44. The molecule has 1 atom stereocenters. The fraction of sp³-hybridized carbons (Fsp3) is 0.550. The molecule has 3 rings (SSSR count). The van der Waals surface area contributed by atoms with Crippen molar-refractivity contribution in [1.29, 1.82) is 0 Å². The number of hydrogen-bond donors (Lipinski definition) is 2. The predicted octanol–water partition coefficient (Wildman–Crippen LogP) is 1.14. The van der Waals surface area contributed by atoms with Gasteiger partial charge in [0.05, 0.1) is 0 Å². The van der Waals surface area contributed by atoms with Crippen LogP contribution < -0.4 is 10.6 Å². The Balaban J connectivity index is 1.36. The van der Waals surface area contributed by atoms with E-state index in [0.717, 1.165) is 52.0 Å². The number of carbonyl (C=O) groups is 3. The highest BCUT2D eigenvalue weighted by atomic mass is 16.2. The van der Waals surface area contributed by atoms with Gasteiger partial charge >= 0.3 is 6.03 Å². The second kappa shape index (κ2) is 9.50. The minimum absolute atomic E-state index is 0.0649. The van der Waals surface area contributed by atoms with Crippen molar-refractivity contribution in [3.05, 3.63) is 35.9 Å². The molecule has 1 aromatic rings. The third kappa shape index (κ3) is 5.79. The zero-order valence-corrected chi connectivity index (χ0v) is 15.7. The first-order chi connectivity index (χ1) is 13.1. The second-order valence-corrected chi connectivity index (χ2v) is 7.22. The lowest BCUT2D eigenvalue weighted by atomic mass is 10.1. The van der Waals surface area contributed by atoms with Crippen molar-refractivity contribution in [3.63, 3.8) is 0 Å². The molecule has 2 heterocycles. The Kier molecular flexibility index (Phi) is 6.81. The van der Waals surface area contributed by atoms with Gasteiger partial charge in [0.15, 0.2) is 0 Å². The average Bonchev–Trinajstić information content (AvgIpc) is 2.85. The molecule has 0 bridgehead atoms. The summed E-state index contributed by atoms with van der Waals surface area (Å²) in [5.74, 6) is -0.275. The lowest BCUT2D eigenvalue weighted by Crippen LogP contribution is -2.37. The van der Waals surface area contributed by atoms with Crippen LogP contribution in [0.1, 0.15) is 31.2 Å². The van der Waals surface area contributed by atoms with Gasteiger partial charge < -0.3 is 15.1 Å². The highest BCUT2D eigenvalue weighted by Crippen LogP contribution is 2.10. The summed E-state index contributed by atoms with van der Waals surface area (Å²) >= 11 is 0. The summed E-state index contributed by atoms with van der Waals surface area (Å²) in [4.78, 5) is 39.5. The highest BCUT2D eigenvalue weighted by Gasteiger charge is 2.30. The minimum Gasteiger partial charge on any atom is -0.341 e. The van der Waals surface area contributed by atoms with Gasteiger partial charge in [0, 0.05) is 26.1 Å². The first-order valence-electron chi connectivity index (χ1n) is 9.77. The van der Waals surface area contributed by atoms with Gasteiger partial charge in [0.25, 0.3) is 5.91 Å². The zero-order valence-electron chi connectivity index (χ0n) is 15.7. The SMILES string of the molecule is O=C1NC(=O)[C@@H](CCC(=O)N2CCCN(CCCc3ccccc3)CC2)N1. The molecule has 7 nitrogen and oxygen atoms in total. The third-order valence-corrected chi connectivity index (χ3v) is 5.23. The molecular formula is C20H28N4O3. The van der Waals surface area contributed by atoms with E-state index in [0.29, 0.717) is 6.42 Å². The molecule has 0 unspecified atom stereocenters. The minimum atomic E-state index is -0.581. The van der Waals surface area contributed by atoms with E-state index in [-0.39, 0.29) is 18.2 Å². The monoisotopic (exact) mass is 372 g/mol. The quantitative estimate of drug-likeness (QED) is 0.704. The Morgan fingerprint density at radius 3 is 2.63 bits per heavy atom. The van der Waals surface area contributed by atoms with E-state index in [9.17, 15) is 14.4 Å². The number of rotatable bonds is 7. The molecule has 0 aliphatic carbocycles. The van der Waals surface area contributed by atoms with Crippen molar-refractivity contribution in [2.45, 2.75) is 38.1 Å². The summed E-state index contributed by atoms with van der Waals surface area (Å²) in [7, 11) is 0. The molecule has 2 fully saturated rings. The highest BCUT2D eigenvalue weighted by molar-refractivity contribution is 6.04. The third-order valence-electron chi connectivity index (χ3n) is 5.23. The standard InChI is InChI=1S/C20H28N4O3/c25-18(10-9-17-19(26)22-20(27)21-17)24-13-5-12-23(14-15-24)11-4-8-16-6-2-1-3-7-16/h1-3,6-7,17H,4-5,8-15H2,(H2,21,22,26,27)/t17-/m1/s1. The van der Waals surface area contributed by atoms with Gasteiger partial charge in [-0.3, -0.25) is 14.9 Å². The lowest BCUT2D eigenvalue weighted by molar-refractivity contribution is -0.131. The van der Waals surface area contributed by atoms with Crippen molar-refractivity contribution in [2.75, 3.05) is 32.7 Å². The van der Waals surface area contributed by atoms with Crippen molar-refractivity contribution in [1.82, 2.24) is 20.4 Å². The topological polar surface area (TPSA) is 81.8 Å². The smallest absolute Gasteiger partial charge is 0.322 e. The Hall–Kier alpha value is -2.41. The number of nitrogens with zero attached hydrogens (tertiary/aromatic N) is 2. The molecule has 0 aromatic heterocycles. The van der Waals surface area contributed by atoms with Crippen molar-refractivity contribution >= 4 is 17.8 Å². The van der Waals surface area contributed by atoms with Crippen molar-refractivity contribution in [3.8, 4) is 0 Å². The zero-order chi connectivity index (χ0) is 19.1. The Labute approximate surface area is 160 Å². The molecule has 27 heavy (non-hydrogen) atoms. The van der Waals surface area contributed by atoms with Gasteiger partial charge in [-0.05, 0) is 44.3 Å². The van der Waals surface area contributed by atoms with Gasteiger partial charge in [0.1, 0.15) is 6.04 Å². The summed E-state index contributed by atoms with van der Waals surface area (Å²) in [6, 6.07) is 9.46. The first-order valence-corrected chi connectivity index (χ1v) is 9.77. The number of benzene rings is 1. The van der Waals surface area contributed by atoms with Crippen LogP contribution in [0.2, 0.25) is 0 Å². The lowest BCUT2D eigenvalue weighted by Gasteiger charge is -2.22. The van der Waals surface area contributed by atoms with E-state index in [4.69, 9.17) is 0 Å². The summed E-state index contributed by atoms with van der Waals surface area (Å²) in [5.41, 5.74) is 1.37. The van der Waals surface area contributed by atoms with E-state index < -0.39 is 12.1 Å². The average molecular weight is 372 g/mol. The first kappa shape index (κ1) is 19.4. The molecule has 0 radical (unpaired) electrons. The Morgan fingerprint density at radius 2 is 1.89 bits per heavy atom. The van der Waals surface area contributed by atoms with Crippen LogP contribution in [0.5, 0.6) is 0 Å². The van der Waals surface area contributed by atoms with Crippen LogP contribution in [0.15, 0.2) is 30.3 Å². The fourth-order valence-corrected chi connectivity index (χ4v) is 3.68. The van der Waals surface area contributed by atoms with E-state index in [2.05, 4.69) is 39.8 Å². The maximum absolute atomic E-state index is 12.5. The van der Waals surface area contributed by atoms with E-state index >= 15 is 0 Å². The van der Waals surface area contributed by atoms with Gasteiger partial charge in [-0.1, -0.05) is 30.3 Å². The fourth-order valence-electron chi connectivity index (χ4n) is 3.68. The molecule has 2 aliphatic heterocycles. The number of imide groups is 1. The predicted molar refractivity (Wildman–Crippen MR) is 102 cm³/mol. The van der Waals surface area contributed by atoms with E-state index in [1.165, 1.54) is 5.56 Å². The van der Waals surface area contributed by atoms with Crippen molar-refractivity contribution < 1.29 is 14.4 Å². The number of carbonyl (C=O) groups excluding carboxylic acids is 3. The molecule has 0 spiro atoms. The van der Waals surface area contributed by atoms with Crippen LogP contribution in [0.4, 0.5) is 4.79 Å². The summed E-state index contributed by atoms with van der Waals surface area (Å²) in [6.07, 6.45) is 3.81. The maximum atomic E-state index is 12.5. The normalized spacial score (nSPS) is 20.9. The second-order valence-electron chi connectivity index (χ2n) is 7.22. The summed E-state index contributed by atoms with van der Waals surface area (Å²) < 4.78 is 0. The van der Waals surface area contributed by atoms with Crippen LogP contribution in [0, 0.1) is 0 Å². The van der Waals surface area contributed by atoms with Crippen LogP contribution in [0.25, 0.3) is 0 Å². The number of hydrogen-bond acceptors (Lipinski definition) is 4. The van der Waals surface area contributed by atoms with Gasteiger partial charge in [-0.25, -0.2) is 4.79 Å².